The predicted octanol–water partition coefficient (Wildman–Crippen LogP) is 3.71. The Labute approximate surface area is 112 Å². The summed E-state index contributed by atoms with van der Waals surface area (Å²) in [4.78, 5) is 1.49. The van der Waals surface area contributed by atoms with E-state index in [0.717, 1.165) is 6.04 Å². The third-order valence-corrected chi connectivity index (χ3v) is 5.89. The van der Waals surface area contributed by atoms with Gasteiger partial charge in [-0.1, -0.05) is 18.2 Å². The Bertz CT molecular complexity index is 374. The second-order valence-electron chi connectivity index (χ2n) is 4.81. The normalized spacial score (nSPS) is 28.7. The lowest BCUT2D eigenvalue weighted by Gasteiger charge is -2.31. The van der Waals surface area contributed by atoms with Crippen LogP contribution in [0.15, 0.2) is 29.2 Å². The molecule has 17 heavy (non-hydrogen) atoms. The van der Waals surface area contributed by atoms with Crippen molar-refractivity contribution >= 4 is 23.5 Å². The maximum Gasteiger partial charge on any atom is 0.0342 e. The van der Waals surface area contributed by atoms with Crippen LogP contribution in [-0.4, -0.2) is 23.3 Å². The zero-order valence-corrected chi connectivity index (χ0v) is 11.7. The summed E-state index contributed by atoms with van der Waals surface area (Å²) >= 11 is 4.11. The molecule has 3 rings (SSSR count). The number of benzene rings is 1. The van der Waals surface area contributed by atoms with Crippen molar-refractivity contribution in [2.24, 2.45) is 0 Å². The molecule has 2 aliphatic rings. The van der Waals surface area contributed by atoms with Crippen LogP contribution < -0.4 is 5.32 Å². The Morgan fingerprint density at radius 2 is 2.06 bits per heavy atom. The van der Waals surface area contributed by atoms with Gasteiger partial charge in [0.15, 0.2) is 0 Å². The minimum atomic E-state index is 0.594. The lowest BCUT2D eigenvalue weighted by molar-refractivity contribution is 0.420. The molecule has 0 amide bonds. The molecule has 92 valence electrons. The molecular formula is C14H19NS2. The van der Waals surface area contributed by atoms with Crippen molar-refractivity contribution in [1.29, 1.82) is 0 Å². The molecule has 0 aliphatic carbocycles. The molecule has 1 nitrogen and oxygen atoms in total. The van der Waals surface area contributed by atoms with Crippen molar-refractivity contribution in [3.63, 3.8) is 0 Å². The van der Waals surface area contributed by atoms with Crippen LogP contribution in [0.4, 0.5) is 0 Å². The van der Waals surface area contributed by atoms with Gasteiger partial charge in [0.2, 0.25) is 0 Å². The maximum atomic E-state index is 3.88. The van der Waals surface area contributed by atoms with Crippen molar-refractivity contribution in [2.75, 3.05) is 17.3 Å². The molecule has 1 aromatic carbocycles. The molecule has 0 saturated carbocycles. The fourth-order valence-electron chi connectivity index (χ4n) is 2.67. The summed E-state index contributed by atoms with van der Waals surface area (Å²) in [5.74, 6) is 3.91. The molecular weight excluding hydrogens is 246 g/mol. The van der Waals surface area contributed by atoms with E-state index < -0.39 is 0 Å². The smallest absolute Gasteiger partial charge is 0.0342 e. The van der Waals surface area contributed by atoms with Gasteiger partial charge in [-0.2, -0.15) is 11.8 Å². The molecule has 1 fully saturated rings. The summed E-state index contributed by atoms with van der Waals surface area (Å²) in [6.45, 7) is 0. The van der Waals surface area contributed by atoms with Crippen LogP contribution in [0.2, 0.25) is 0 Å². The van der Waals surface area contributed by atoms with Crippen LogP contribution in [-0.2, 0) is 0 Å². The van der Waals surface area contributed by atoms with Crippen LogP contribution in [0, 0.1) is 0 Å². The fourth-order valence-corrected chi connectivity index (χ4v) is 4.88. The Kier molecular flexibility index (Phi) is 3.99. The van der Waals surface area contributed by atoms with Crippen molar-refractivity contribution < 1.29 is 0 Å². The van der Waals surface area contributed by atoms with Crippen LogP contribution in [0.25, 0.3) is 0 Å². The van der Waals surface area contributed by atoms with E-state index in [9.17, 15) is 0 Å². The number of thioether (sulfide) groups is 2. The molecule has 2 unspecified atom stereocenters. The highest BCUT2D eigenvalue weighted by molar-refractivity contribution is 7.99. The summed E-state index contributed by atoms with van der Waals surface area (Å²) in [5.41, 5.74) is 1.53. The SMILES string of the molecule is c1ccc2c(c1)SCCC2NC1CCCSC1. The highest BCUT2D eigenvalue weighted by Gasteiger charge is 2.23. The molecule has 0 bridgehead atoms. The number of hydrogen-bond donors (Lipinski definition) is 1. The molecule has 0 spiro atoms. The first-order chi connectivity index (χ1) is 8.43. The van der Waals surface area contributed by atoms with Crippen LogP contribution >= 0.6 is 23.5 Å². The number of hydrogen-bond acceptors (Lipinski definition) is 3. The van der Waals surface area contributed by atoms with Gasteiger partial charge < -0.3 is 5.32 Å². The number of nitrogens with one attached hydrogen (secondary N) is 1. The van der Waals surface area contributed by atoms with Gasteiger partial charge in [-0.25, -0.2) is 0 Å². The molecule has 3 heteroatoms. The van der Waals surface area contributed by atoms with E-state index in [1.54, 1.807) is 0 Å². The zero-order chi connectivity index (χ0) is 11.5. The van der Waals surface area contributed by atoms with Gasteiger partial charge in [-0.05, 0) is 42.4 Å². The van der Waals surface area contributed by atoms with E-state index in [1.165, 1.54) is 47.0 Å². The first kappa shape index (κ1) is 11.9. The van der Waals surface area contributed by atoms with Crippen molar-refractivity contribution in [1.82, 2.24) is 5.32 Å². The molecule has 0 radical (unpaired) electrons. The van der Waals surface area contributed by atoms with Gasteiger partial charge in [0.25, 0.3) is 0 Å². The van der Waals surface area contributed by atoms with E-state index in [4.69, 9.17) is 0 Å². The summed E-state index contributed by atoms with van der Waals surface area (Å²) in [6, 6.07) is 10.2. The van der Waals surface area contributed by atoms with Gasteiger partial charge in [0.05, 0.1) is 0 Å². The molecule has 2 atom stereocenters. The third kappa shape index (κ3) is 2.83. The van der Waals surface area contributed by atoms with Crippen molar-refractivity contribution in [2.45, 2.75) is 36.2 Å². The molecule has 0 aromatic heterocycles. The zero-order valence-electron chi connectivity index (χ0n) is 10.0. The van der Waals surface area contributed by atoms with E-state index in [0.29, 0.717) is 6.04 Å². The summed E-state index contributed by atoms with van der Waals surface area (Å²) in [5, 5.41) is 3.88. The van der Waals surface area contributed by atoms with E-state index in [2.05, 4.69) is 41.3 Å². The second kappa shape index (κ2) is 5.68. The van der Waals surface area contributed by atoms with Gasteiger partial charge in [-0.15, -0.1) is 11.8 Å². The quantitative estimate of drug-likeness (QED) is 0.875. The van der Waals surface area contributed by atoms with E-state index in [1.807, 2.05) is 11.8 Å². The molecule has 1 N–H and O–H groups in total. The monoisotopic (exact) mass is 265 g/mol. The standard InChI is InChI=1S/C14H19NS2/c1-2-6-14-12(5-1)13(7-9-17-14)15-11-4-3-8-16-10-11/h1-2,5-6,11,13,15H,3-4,7-10H2. The van der Waals surface area contributed by atoms with Crippen LogP contribution in [0.5, 0.6) is 0 Å². The lowest BCUT2D eigenvalue weighted by atomic mass is 10.0. The highest BCUT2D eigenvalue weighted by Crippen LogP contribution is 2.36. The third-order valence-electron chi connectivity index (χ3n) is 3.56. The fraction of sp³-hybridized carbons (Fsp3) is 0.571. The second-order valence-corrected chi connectivity index (χ2v) is 7.09. The van der Waals surface area contributed by atoms with Crippen LogP contribution in [0.3, 0.4) is 0 Å². The molecule has 2 aliphatic heterocycles. The number of fused-ring (bicyclic) bond motifs is 1. The molecule has 1 aromatic rings. The largest absolute Gasteiger partial charge is 0.306 e. The minimum Gasteiger partial charge on any atom is -0.306 e. The Balaban J connectivity index is 1.71. The highest BCUT2D eigenvalue weighted by atomic mass is 32.2. The minimum absolute atomic E-state index is 0.594. The Morgan fingerprint density at radius 1 is 1.12 bits per heavy atom. The topological polar surface area (TPSA) is 12.0 Å². The average molecular weight is 265 g/mol. The lowest BCUT2D eigenvalue weighted by Crippen LogP contribution is -2.37. The molecule has 2 heterocycles. The van der Waals surface area contributed by atoms with E-state index in [-0.39, 0.29) is 0 Å². The summed E-state index contributed by atoms with van der Waals surface area (Å²) < 4.78 is 0. The van der Waals surface area contributed by atoms with Crippen molar-refractivity contribution in [3.8, 4) is 0 Å². The Morgan fingerprint density at radius 3 is 2.94 bits per heavy atom. The van der Waals surface area contributed by atoms with E-state index >= 15 is 0 Å². The summed E-state index contributed by atoms with van der Waals surface area (Å²) in [6.07, 6.45) is 4.02. The van der Waals surface area contributed by atoms with Gasteiger partial charge in [0, 0.05) is 22.7 Å². The van der Waals surface area contributed by atoms with Gasteiger partial charge in [0.1, 0.15) is 0 Å². The van der Waals surface area contributed by atoms with Crippen LogP contribution in [0.1, 0.15) is 30.9 Å². The Hall–Kier alpha value is -0.120. The van der Waals surface area contributed by atoms with Crippen molar-refractivity contribution in [3.05, 3.63) is 29.8 Å². The summed E-state index contributed by atoms with van der Waals surface area (Å²) in [7, 11) is 0. The first-order valence-corrected chi connectivity index (χ1v) is 8.63. The van der Waals surface area contributed by atoms with Gasteiger partial charge in [-0.3, -0.25) is 0 Å². The predicted molar refractivity (Wildman–Crippen MR) is 78.0 cm³/mol. The maximum absolute atomic E-state index is 3.88. The average Bonchev–Trinajstić information content (AvgIpc) is 2.40. The molecule has 1 saturated heterocycles. The van der Waals surface area contributed by atoms with Gasteiger partial charge >= 0.3 is 0 Å². The number of rotatable bonds is 2. The first-order valence-electron chi connectivity index (χ1n) is 6.49.